The first-order valence-corrected chi connectivity index (χ1v) is 14.7. The predicted molar refractivity (Wildman–Crippen MR) is 172 cm³/mol. The van der Waals surface area contributed by atoms with Crippen molar-refractivity contribution in [1.82, 2.24) is 14.5 Å². The van der Waals surface area contributed by atoms with Gasteiger partial charge in [0.15, 0.2) is 0 Å². The van der Waals surface area contributed by atoms with Gasteiger partial charge in [-0.15, -0.1) is 0 Å². The Morgan fingerprint density at radius 3 is 2.47 bits per heavy atom. The van der Waals surface area contributed by atoms with E-state index in [1.54, 1.807) is 26.5 Å². The summed E-state index contributed by atoms with van der Waals surface area (Å²) in [5.74, 6) is 1.60. The molecule has 3 heterocycles. The van der Waals surface area contributed by atoms with Crippen LogP contribution in [0.4, 0.5) is 11.5 Å². The number of fused-ring (bicyclic) bond motifs is 1. The van der Waals surface area contributed by atoms with Crippen molar-refractivity contribution in [3.63, 3.8) is 0 Å². The van der Waals surface area contributed by atoms with Crippen LogP contribution in [-0.4, -0.2) is 54.2 Å². The monoisotopic (exact) mass is 581 g/mol. The van der Waals surface area contributed by atoms with E-state index in [2.05, 4.69) is 27.1 Å². The molecular formula is C34H39N5O4. The second kappa shape index (κ2) is 14.0. The number of methoxy groups -OCH3 is 2. The normalized spacial score (nSPS) is 13.4. The molecule has 1 aliphatic heterocycles. The molecule has 224 valence electrons. The zero-order valence-corrected chi connectivity index (χ0v) is 24.9. The summed E-state index contributed by atoms with van der Waals surface area (Å²) in [6, 6.07) is 16.9. The lowest BCUT2D eigenvalue weighted by Crippen LogP contribution is -2.32. The Balaban J connectivity index is 1.49. The van der Waals surface area contributed by atoms with Gasteiger partial charge in [-0.3, -0.25) is 9.59 Å². The highest BCUT2D eigenvalue weighted by atomic mass is 16.5. The number of aryl methyl sites for hydroxylation is 1. The maximum atomic E-state index is 14.1. The van der Waals surface area contributed by atoms with Crippen LogP contribution in [0.1, 0.15) is 31.2 Å². The summed E-state index contributed by atoms with van der Waals surface area (Å²) >= 11 is 0. The Morgan fingerprint density at radius 2 is 1.74 bits per heavy atom. The number of hydrogen-bond donors (Lipinski definition) is 2. The number of likely N-dealkylation sites (tertiary alicyclic amines) is 1. The van der Waals surface area contributed by atoms with Gasteiger partial charge < -0.3 is 29.6 Å². The first kappa shape index (κ1) is 29.8. The first-order valence-electron chi connectivity index (χ1n) is 14.7. The standard InChI is InChI=1S/C34H39N5O4/c1-4-33(40)37-30-12-7-6-11-24(30)22-35-32-21-31-26(23-36-32)19-29(25-17-27(42-2)20-28(18-25)43-3)34(41)39(31)16-10-15-38-13-8-5-9-14-38/h4,6-7,11-12,17-21,23H,1,5,8-10,13-16,22H2,2-3H3,(H,35,36)(H,37,40). The number of piperidine rings is 1. The Kier molecular flexibility index (Phi) is 9.73. The van der Waals surface area contributed by atoms with Crippen molar-refractivity contribution in [2.45, 2.75) is 38.8 Å². The number of amides is 1. The number of pyridine rings is 2. The van der Waals surface area contributed by atoms with E-state index in [9.17, 15) is 9.59 Å². The van der Waals surface area contributed by atoms with E-state index in [-0.39, 0.29) is 11.5 Å². The van der Waals surface area contributed by atoms with E-state index in [0.717, 1.165) is 48.1 Å². The molecule has 2 aromatic heterocycles. The highest BCUT2D eigenvalue weighted by Gasteiger charge is 2.16. The zero-order valence-electron chi connectivity index (χ0n) is 24.9. The number of nitrogens with zero attached hydrogens (tertiary/aromatic N) is 3. The summed E-state index contributed by atoms with van der Waals surface area (Å²) in [6.45, 7) is 7.74. The van der Waals surface area contributed by atoms with Gasteiger partial charge >= 0.3 is 0 Å². The quantitative estimate of drug-likeness (QED) is 0.207. The van der Waals surface area contributed by atoms with Crippen LogP contribution in [0.25, 0.3) is 22.0 Å². The molecule has 4 aromatic rings. The summed E-state index contributed by atoms with van der Waals surface area (Å²) in [5.41, 5.74) is 3.64. The van der Waals surface area contributed by atoms with Crippen LogP contribution < -0.4 is 25.7 Å². The molecule has 1 fully saturated rings. The number of rotatable bonds is 12. The van der Waals surface area contributed by atoms with Crippen molar-refractivity contribution in [1.29, 1.82) is 0 Å². The first-order chi connectivity index (χ1) is 21.0. The van der Waals surface area contributed by atoms with Gasteiger partial charge in [-0.25, -0.2) is 4.98 Å². The van der Waals surface area contributed by atoms with Gasteiger partial charge in [0, 0.05) is 48.1 Å². The van der Waals surface area contributed by atoms with Crippen molar-refractivity contribution in [3.05, 3.63) is 89.4 Å². The van der Waals surface area contributed by atoms with Gasteiger partial charge in [-0.1, -0.05) is 31.2 Å². The van der Waals surface area contributed by atoms with E-state index >= 15 is 0 Å². The van der Waals surface area contributed by atoms with E-state index < -0.39 is 0 Å². The summed E-state index contributed by atoms with van der Waals surface area (Å²) < 4.78 is 12.8. The molecular weight excluding hydrogens is 542 g/mol. The number of benzene rings is 2. The van der Waals surface area contributed by atoms with E-state index in [4.69, 9.17) is 9.47 Å². The van der Waals surface area contributed by atoms with Crippen LogP contribution in [0, 0.1) is 0 Å². The predicted octanol–water partition coefficient (Wildman–Crippen LogP) is 5.69. The molecule has 1 aliphatic rings. The SMILES string of the molecule is C=CC(=O)Nc1ccccc1CNc1cc2c(cn1)cc(-c1cc(OC)cc(OC)c1)c(=O)n2CCCN1CCCCC1. The van der Waals surface area contributed by atoms with Crippen LogP contribution in [0.5, 0.6) is 11.5 Å². The fourth-order valence-electron chi connectivity index (χ4n) is 5.56. The maximum absolute atomic E-state index is 14.1. The Labute approximate surface area is 252 Å². The minimum Gasteiger partial charge on any atom is -0.497 e. The fourth-order valence-corrected chi connectivity index (χ4v) is 5.56. The molecule has 0 spiro atoms. The van der Waals surface area contributed by atoms with Crippen LogP contribution in [-0.2, 0) is 17.9 Å². The van der Waals surface area contributed by atoms with Crippen molar-refractivity contribution >= 4 is 28.3 Å². The lowest BCUT2D eigenvalue weighted by Gasteiger charge is -2.26. The molecule has 43 heavy (non-hydrogen) atoms. The Hall–Kier alpha value is -4.63. The van der Waals surface area contributed by atoms with E-state index in [0.29, 0.717) is 41.7 Å². The number of nitrogens with one attached hydrogen (secondary N) is 2. The topological polar surface area (TPSA) is 97.7 Å². The van der Waals surface area contributed by atoms with E-state index in [1.807, 2.05) is 53.1 Å². The van der Waals surface area contributed by atoms with Crippen LogP contribution >= 0.6 is 0 Å². The highest BCUT2D eigenvalue weighted by Crippen LogP contribution is 2.30. The summed E-state index contributed by atoms with van der Waals surface area (Å²) in [4.78, 5) is 33.2. The Morgan fingerprint density at radius 1 is 1.00 bits per heavy atom. The molecule has 0 bridgehead atoms. The summed E-state index contributed by atoms with van der Waals surface area (Å²) in [7, 11) is 3.20. The van der Waals surface area contributed by atoms with Crippen molar-refractivity contribution in [3.8, 4) is 22.6 Å². The molecule has 9 nitrogen and oxygen atoms in total. The van der Waals surface area contributed by atoms with Gasteiger partial charge in [-0.05, 0) is 80.4 Å². The van der Waals surface area contributed by atoms with E-state index in [1.165, 1.54) is 25.3 Å². The van der Waals surface area contributed by atoms with Gasteiger partial charge in [0.05, 0.1) is 19.7 Å². The number of anilines is 2. The zero-order chi connectivity index (χ0) is 30.2. The second-order valence-corrected chi connectivity index (χ2v) is 10.7. The summed E-state index contributed by atoms with van der Waals surface area (Å²) in [5, 5.41) is 7.08. The highest BCUT2D eigenvalue weighted by molar-refractivity contribution is 5.99. The molecule has 9 heteroatoms. The van der Waals surface area contributed by atoms with Gasteiger partial charge in [0.2, 0.25) is 5.91 Å². The average molecular weight is 582 g/mol. The number of ether oxygens (including phenoxy) is 2. The van der Waals surface area contributed by atoms with Gasteiger partial charge in [0.1, 0.15) is 17.3 Å². The third-order valence-electron chi connectivity index (χ3n) is 7.87. The number of para-hydroxylation sites is 1. The molecule has 2 aromatic carbocycles. The minimum absolute atomic E-state index is 0.0731. The lowest BCUT2D eigenvalue weighted by molar-refractivity contribution is -0.111. The van der Waals surface area contributed by atoms with Crippen molar-refractivity contribution < 1.29 is 14.3 Å². The summed E-state index contributed by atoms with van der Waals surface area (Å²) in [6.07, 6.45) is 7.66. The van der Waals surface area contributed by atoms with Crippen LogP contribution in [0.2, 0.25) is 0 Å². The molecule has 2 N–H and O–H groups in total. The molecule has 5 rings (SSSR count). The smallest absolute Gasteiger partial charge is 0.258 e. The number of carbonyl (C=O) groups is 1. The molecule has 0 saturated carbocycles. The van der Waals surface area contributed by atoms with Crippen LogP contribution in [0.15, 0.2) is 78.2 Å². The number of carbonyl (C=O) groups excluding carboxylic acids is 1. The third kappa shape index (κ3) is 7.24. The van der Waals surface area contributed by atoms with Gasteiger partial charge in [-0.2, -0.15) is 0 Å². The minimum atomic E-state index is -0.269. The maximum Gasteiger partial charge on any atom is 0.258 e. The Bertz CT molecular complexity index is 1640. The third-order valence-corrected chi connectivity index (χ3v) is 7.87. The second-order valence-electron chi connectivity index (χ2n) is 10.7. The number of hydrogen-bond acceptors (Lipinski definition) is 7. The molecule has 1 amide bonds. The largest absolute Gasteiger partial charge is 0.497 e. The molecule has 1 saturated heterocycles. The molecule has 0 unspecified atom stereocenters. The fraction of sp³-hybridized carbons (Fsp3) is 0.324. The number of aromatic nitrogens is 2. The average Bonchev–Trinajstić information content (AvgIpc) is 3.05. The molecule has 0 atom stereocenters. The van der Waals surface area contributed by atoms with Crippen molar-refractivity contribution in [2.24, 2.45) is 0 Å². The molecule has 0 aliphatic carbocycles. The lowest BCUT2D eigenvalue weighted by atomic mass is 10.0. The van der Waals surface area contributed by atoms with Crippen LogP contribution in [0.3, 0.4) is 0 Å². The molecule has 0 radical (unpaired) electrons. The van der Waals surface area contributed by atoms with Gasteiger partial charge in [0.25, 0.3) is 5.56 Å². The van der Waals surface area contributed by atoms with Crippen molar-refractivity contribution in [2.75, 3.05) is 44.5 Å².